The second-order valence-electron chi connectivity index (χ2n) is 5.99. The summed E-state index contributed by atoms with van der Waals surface area (Å²) in [6.45, 7) is 3.42. The standard InChI is InChI=1S/C20H23N3O2/c1-3-15-6-4-7-17(12-15)22-19(24)13-16-14-23(10-11-25-2)20-18(16)8-5-9-21-20/h4-9,12,14H,3,10-11,13H2,1-2H3,(H,22,24). The molecule has 0 unspecified atom stereocenters. The average molecular weight is 337 g/mol. The van der Waals surface area contributed by atoms with Crippen LogP contribution < -0.4 is 5.32 Å². The summed E-state index contributed by atoms with van der Waals surface area (Å²) in [5, 5.41) is 4.00. The summed E-state index contributed by atoms with van der Waals surface area (Å²) in [5.74, 6) is -0.0251. The van der Waals surface area contributed by atoms with Crippen molar-refractivity contribution >= 4 is 22.6 Å². The number of carbonyl (C=O) groups excluding carboxylic acids is 1. The van der Waals surface area contributed by atoms with E-state index in [4.69, 9.17) is 4.74 Å². The summed E-state index contributed by atoms with van der Waals surface area (Å²) < 4.78 is 7.20. The minimum Gasteiger partial charge on any atom is -0.383 e. The number of pyridine rings is 1. The van der Waals surface area contributed by atoms with Crippen molar-refractivity contribution < 1.29 is 9.53 Å². The third kappa shape index (κ3) is 4.06. The molecule has 0 aliphatic carbocycles. The molecule has 2 heterocycles. The molecule has 0 radical (unpaired) electrons. The lowest BCUT2D eigenvalue weighted by atomic mass is 10.1. The molecular weight excluding hydrogens is 314 g/mol. The van der Waals surface area contributed by atoms with Gasteiger partial charge in [0.15, 0.2) is 0 Å². The molecule has 130 valence electrons. The highest BCUT2D eigenvalue weighted by molar-refractivity contribution is 5.95. The molecular formula is C20H23N3O2. The van der Waals surface area contributed by atoms with Crippen molar-refractivity contribution in [2.45, 2.75) is 26.3 Å². The number of aromatic nitrogens is 2. The fourth-order valence-electron chi connectivity index (χ4n) is 2.94. The van der Waals surface area contributed by atoms with Crippen molar-refractivity contribution in [3.63, 3.8) is 0 Å². The van der Waals surface area contributed by atoms with Gasteiger partial charge in [-0.05, 0) is 41.8 Å². The van der Waals surface area contributed by atoms with Gasteiger partial charge in [-0.2, -0.15) is 0 Å². The van der Waals surface area contributed by atoms with E-state index in [1.165, 1.54) is 5.56 Å². The van der Waals surface area contributed by atoms with Gasteiger partial charge in [0.1, 0.15) is 5.65 Å². The van der Waals surface area contributed by atoms with Crippen LogP contribution in [-0.2, 0) is 28.9 Å². The quantitative estimate of drug-likeness (QED) is 0.719. The molecule has 1 N–H and O–H groups in total. The van der Waals surface area contributed by atoms with E-state index in [1.807, 2.05) is 41.1 Å². The molecule has 3 rings (SSSR count). The third-order valence-corrected chi connectivity index (χ3v) is 4.22. The van der Waals surface area contributed by atoms with Gasteiger partial charge in [-0.1, -0.05) is 19.1 Å². The first kappa shape index (κ1) is 17.2. The summed E-state index contributed by atoms with van der Waals surface area (Å²) in [5.41, 5.74) is 3.91. The Morgan fingerprint density at radius 1 is 1.28 bits per heavy atom. The van der Waals surface area contributed by atoms with Crippen LogP contribution in [0, 0.1) is 0 Å². The Balaban J connectivity index is 1.78. The van der Waals surface area contributed by atoms with Gasteiger partial charge in [0.25, 0.3) is 0 Å². The summed E-state index contributed by atoms with van der Waals surface area (Å²) in [6.07, 6.45) is 5.03. The number of nitrogens with zero attached hydrogens (tertiary/aromatic N) is 2. The Labute approximate surface area is 147 Å². The van der Waals surface area contributed by atoms with E-state index in [-0.39, 0.29) is 5.91 Å². The Bertz CT molecular complexity index is 870. The molecule has 25 heavy (non-hydrogen) atoms. The molecule has 3 aromatic rings. The smallest absolute Gasteiger partial charge is 0.228 e. The lowest BCUT2D eigenvalue weighted by Crippen LogP contribution is -2.14. The minimum absolute atomic E-state index is 0.0251. The van der Waals surface area contributed by atoms with Gasteiger partial charge in [-0.3, -0.25) is 4.79 Å². The first-order valence-electron chi connectivity index (χ1n) is 8.51. The van der Waals surface area contributed by atoms with Crippen molar-refractivity contribution in [1.29, 1.82) is 0 Å². The minimum atomic E-state index is -0.0251. The summed E-state index contributed by atoms with van der Waals surface area (Å²) >= 11 is 0. The van der Waals surface area contributed by atoms with E-state index in [0.717, 1.165) is 28.7 Å². The van der Waals surface area contributed by atoms with Gasteiger partial charge in [-0.15, -0.1) is 0 Å². The molecule has 0 aliphatic heterocycles. The largest absolute Gasteiger partial charge is 0.383 e. The molecule has 1 aromatic carbocycles. The molecule has 5 nitrogen and oxygen atoms in total. The summed E-state index contributed by atoms with van der Waals surface area (Å²) in [4.78, 5) is 16.9. The summed E-state index contributed by atoms with van der Waals surface area (Å²) in [7, 11) is 1.68. The van der Waals surface area contributed by atoms with Gasteiger partial charge >= 0.3 is 0 Å². The average Bonchev–Trinajstić information content (AvgIpc) is 2.98. The second-order valence-corrected chi connectivity index (χ2v) is 5.99. The van der Waals surface area contributed by atoms with Crippen molar-refractivity contribution in [1.82, 2.24) is 9.55 Å². The number of hydrogen-bond donors (Lipinski definition) is 1. The Morgan fingerprint density at radius 2 is 2.16 bits per heavy atom. The Kier molecular flexibility index (Phi) is 5.46. The third-order valence-electron chi connectivity index (χ3n) is 4.22. The first-order valence-corrected chi connectivity index (χ1v) is 8.51. The number of nitrogens with one attached hydrogen (secondary N) is 1. The molecule has 2 aromatic heterocycles. The number of benzene rings is 1. The molecule has 0 saturated carbocycles. The Hall–Kier alpha value is -2.66. The Morgan fingerprint density at radius 3 is 2.96 bits per heavy atom. The van der Waals surface area contributed by atoms with Gasteiger partial charge in [0.2, 0.25) is 5.91 Å². The van der Waals surface area contributed by atoms with Gasteiger partial charge in [-0.25, -0.2) is 4.98 Å². The number of amides is 1. The molecule has 0 saturated heterocycles. The van der Waals surface area contributed by atoms with Crippen molar-refractivity contribution in [2.75, 3.05) is 19.0 Å². The SMILES string of the molecule is CCc1cccc(NC(=O)Cc2cn(CCOC)c3ncccc23)c1. The van der Waals surface area contributed by atoms with Crippen molar-refractivity contribution in [3.8, 4) is 0 Å². The molecule has 1 amide bonds. The van der Waals surface area contributed by atoms with E-state index in [1.54, 1.807) is 13.3 Å². The molecule has 0 spiro atoms. The maximum Gasteiger partial charge on any atom is 0.228 e. The van der Waals surface area contributed by atoms with Crippen LogP contribution in [0.5, 0.6) is 0 Å². The highest BCUT2D eigenvalue weighted by Crippen LogP contribution is 2.20. The zero-order chi connectivity index (χ0) is 17.6. The fourth-order valence-corrected chi connectivity index (χ4v) is 2.94. The normalized spacial score (nSPS) is 11.0. The number of carbonyl (C=O) groups is 1. The topological polar surface area (TPSA) is 56.2 Å². The number of aryl methyl sites for hydroxylation is 1. The number of fused-ring (bicyclic) bond motifs is 1. The van der Waals surface area contributed by atoms with Crippen LogP contribution in [0.2, 0.25) is 0 Å². The van der Waals surface area contributed by atoms with Crippen LogP contribution in [0.1, 0.15) is 18.1 Å². The van der Waals surface area contributed by atoms with Gasteiger partial charge in [0.05, 0.1) is 13.0 Å². The number of anilines is 1. The van der Waals surface area contributed by atoms with Crippen LogP contribution in [0.25, 0.3) is 11.0 Å². The number of ether oxygens (including phenoxy) is 1. The van der Waals surface area contributed by atoms with Crippen LogP contribution in [0.4, 0.5) is 5.69 Å². The molecule has 0 bridgehead atoms. The first-order chi connectivity index (χ1) is 12.2. The fraction of sp³-hybridized carbons (Fsp3) is 0.300. The van der Waals surface area contributed by atoms with E-state index >= 15 is 0 Å². The number of hydrogen-bond acceptors (Lipinski definition) is 3. The highest BCUT2D eigenvalue weighted by Gasteiger charge is 2.13. The number of rotatable bonds is 7. The maximum atomic E-state index is 12.5. The lowest BCUT2D eigenvalue weighted by Gasteiger charge is -2.06. The monoisotopic (exact) mass is 337 g/mol. The predicted octanol–water partition coefficient (Wildman–Crippen LogP) is 3.43. The van der Waals surface area contributed by atoms with E-state index in [9.17, 15) is 4.79 Å². The van der Waals surface area contributed by atoms with E-state index < -0.39 is 0 Å². The predicted molar refractivity (Wildman–Crippen MR) is 99.8 cm³/mol. The molecule has 5 heteroatoms. The summed E-state index contributed by atoms with van der Waals surface area (Å²) in [6, 6.07) is 11.9. The van der Waals surface area contributed by atoms with Crippen molar-refractivity contribution in [3.05, 3.63) is 59.9 Å². The van der Waals surface area contributed by atoms with Gasteiger partial charge in [0, 0.05) is 37.1 Å². The van der Waals surface area contributed by atoms with E-state index in [0.29, 0.717) is 19.6 Å². The molecule has 0 aliphatic rings. The van der Waals surface area contributed by atoms with Crippen molar-refractivity contribution in [2.24, 2.45) is 0 Å². The van der Waals surface area contributed by atoms with E-state index in [2.05, 4.69) is 23.3 Å². The highest BCUT2D eigenvalue weighted by atomic mass is 16.5. The second kappa shape index (κ2) is 7.94. The van der Waals surface area contributed by atoms with Crippen LogP contribution >= 0.6 is 0 Å². The molecule has 0 atom stereocenters. The zero-order valence-electron chi connectivity index (χ0n) is 14.7. The van der Waals surface area contributed by atoms with Crippen LogP contribution in [0.3, 0.4) is 0 Å². The van der Waals surface area contributed by atoms with Crippen LogP contribution in [0.15, 0.2) is 48.8 Å². The number of methoxy groups -OCH3 is 1. The maximum absolute atomic E-state index is 12.5. The zero-order valence-corrected chi connectivity index (χ0v) is 14.7. The van der Waals surface area contributed by atoms with Gasteiger partial charge < -0.3 is 14.6 Å². The lowest BCUT2D eigenvalue weighted by molar-refractivity contribution is -0.115. The van der Waals surface area contributed by atoms with Crippen LogP contribution in [-0.4, -0.2) is 29.2 Å². The molecule has 0 fully saturated rings.